The molecule has 3 N–H and O–H groups in total. The summed E-state index contributed by atoms with van der Waals surface area (Å²) >= 11 is 1.76. The average molecular weight is 531 g/mol. The third kappa shape index (κ3) is 4.65. The van der Waals surface area contributed by atoms with Gasteiger partial charge >= 0.3 is 0 Å². The number of rotatable bonds is 8. The Morgan fingerprint density at radius 3 is 2.87 bits per heavy atom. The topological polar surface area (TPSA) is 97.1 Å². The smallest absolute Gasteiger partial charge is 0.261 e. The number of carbonyl (C=O) groups excluding carboxylic acids is 1. The predicted octanol–water partition coefficient (Wildman–Crippen LogP) is 4.77. The Balaban J connectivity index is 1.23. The van der Waals surface area contributed by atoms with E-state index < -0.39 is 0 Å². The first-order chi connectivity index (χ1) is 18.4. The van der Waals surface area contributed by atoms with E-state index in [-0.39, 0.29) is 17.5 Å². The second-order valence-corrected chi connectivity index (χ2v) is 11.7. The molecule has 9 heteroatoms. The molecular formula is C29H34N6O2S. The highest BCUT2D eigenvalue weighted by Gasteiger charge is 2.30. The van der Waals surface area contributed by atoms with Gasteiger partial charge in [-0.2, -0.15) is 0 Å². The maximum Gasteiger partial charge on any atom is 0.261 e. The van der Waals surface area contributed by atoms with Gasteiger partial charge in [0.05, 0.1) is 16.7 Å². The summed E-state index contributed by atoms with van der Waals surface area (Å²) < 4.78 is 0. The molecule has 1 amide bonds. The highest BCUT2D eigenvalue weighted by Crippen LogP contribution is 2.31. The fourth-order valence-electron chi connectivity index (χ4n) is 5.79. The zero-order chi connectivity index (χ0) is 26.4. The van der Waals surface area contributed by atoms with Crippen LogP contribution in [0.15, 0.2) is 40.6 Å². The van der Waals surface area contributed by atoms with Crippen LogP contribution in [0.4, 0.5) is 5.69 Å². The number of likely N-dealkylation sites (tertiary alicyclic amines) is 1. The van der Waals surface area contributed by atoms with Crippen LogP contribution in [0.1, 0.15) is 53.1 Å². The number of aromatic nitrogens is 3. The second-order valence-electron chi connectivity index (χ2n) is 10.7. The minimum atomic E-state index is -0.209. The first-order valence-corrected chi connectivity index (χ1v) is 14.3. The maximum atomic E-state index is 13.2. The van der Waals surface area contributed by atoms with Gasteiger partial charge in [0.15, 0.2) is 0 Å². The Bertz CT molecular complexity index is 1550. The molecule has 2 aliphatic heterocycles. The summed E-state index contributed by atoms with van der Waals surface area (Å²) in [6, 6.07) is 8.63. The summed E-state index contributed by atoms with van der Waals surface area (Å²) in [5.74, 6) is 0.566. The number of fused-ring (bicyclic) bond motifs is 2. The number of thiophene rings is 1. The van der Waals surface area contributed by atoms with Crippen LogP contribution in [0, 0.1) is 6.92 Å². The van der Waals surface area contributed by atoms with Crippen LogP contribution >= 0.6 is 11.3 Å². The van der Waals surface area contributed by atoms with Crippen LogP contribution < -0.4 is 10.9 Å². The van der Waals surface area contributed by atoms with Gasteiger partial charge in [-0.1, -0.05) is 0 Å². The summed E-state index contributed by atoms with van der Waals surface area (Å²) in [5, 5.41) is 5.63. The van der Waals surface area contributed by atoms with Crippen molar-refractivity contribution >= 4 is 34.0 Å². The molecule has 2 atom stereocenters. The summed E-state index contributed by atoms with van der Waals surface area (Å²) in [4.78, 5) is 42.8. The van der Waals surface area contributed by atoms with Crippen LogP contribution in [0.2, 0.25) is 0 Å². The Kier molecular flexibility index (Phi) is 6.57. The van der Waals surface area contributed by atoms with Gasteiger partial charge in [0.2, 0.25) is 0 Å². The molecule has 0 aliphatic carbocycles. The monoisotopic (exact) mass is 530 g/mol. The normalized spacial score (nSPS) is 18.4. The van der Waals surface area contributed by atoms with Gasteiger partial charge in [-0.05, 0) is 80.9 Å². The first-order valence-electron chi connectivity index (χ1n) is 13.4. The zero-order valence-corrected chi connectivity index (χ0v) is 23.0. The van der Waals surface area contributed by atoms with E-state index in [1.807, 2.05) is 23.1 Å². The number of benzene rings is 1. The molecule has 4 aromatic rings. The lowest BCUT2D eigenvalue weighted by molar-refractivity contribution is 0.0756. The van der Waals surface area contributed by atoms with Crippen LogP contribution in [-0.4, -0.2) is 62.4 Å². The van der Waals surface area contributed by atoms with E-state index in [2.05, 4.69) is 52.4 Å². The fraction of sp³-hybridized carbons (Fsp3) is 0.414. The number of imidazole rings is 1. The number of pyridine rings is 1. The van der Waals surface area contributed by atoms with Crippen molar-refractivity contribution in [3.8, 4) is 11.4 Å². The van der Waals surface area contributed by atoms with Crippen molar-refractivity contribution in [3.05, 3.63) is 67.8 Å². The van der Waals surface area contributed by atoms with Crippen molar-refractivity contribution in [2.24, 2.45) is 0 Å². The highest BCUT2D eigenvalue weighted by molar-refractivity contribution is 7.10. The van der Waals surface area contributed by atoms with Gasteiger partial charge in [0.1, 0.15) is 11.4 Å². The summed E-state index contributed by atoms with van der Waals surface area (Å²) in [7, 11) is 0. The molecule has 6 rings (SSSR count). The molecule has 2 aliphatic rings. The van der Waals surface area contributed by atoms with Crippen molar-refractivity contribution in [2.75, 3.05) is 25.0 Å². The van der Waals surface area contributed by atoms with Gasteiger partial charge in [-0.25, -0.2) is 4.98 Å². The van der Waals surface area contributed by atoms with Gasteiger partial charge < -0.3 is 20.2 Å². The molecule has 198 valence electrons. The van der Waals surface area contributed by atoms with Gasteiger partial charge in [-0.15, -0.1) is 11.3 Å². The fourth-order valence-corrected chi connectivity index (χ4v) is 6.83. The Hall–Kier alpha value is -3.43. The molecule has 0 saturated carbocycles. The minimum Gasteiger partial charge on any atom is -0.381 e. The first kappa shape index (κ1) is 24.9. The number of anilines is 1. The molecule has 1 saturated heterocycles. The van der Waals surface area contributed by atoms with E-state index in [1.165, 1.54) is 23.3 Å². The Morgan fingerprint density at radius 1 is 1.24 bits per heavy atom. The highest BCUT2D eigenvalue weighted by atomic mass is 32.1. The number of H-pyrrole nitrogens is 2. The number of aromatic amines is 2. The summed E-state index contributed by atoms with van der Waals surface area (Å²) in [6.45, 7) is 9.90. The number of hydrogen-bond donors (Lipinski definition) is 3. The van der Waals surface area contributed by atoms with Gasteiger partial charge in [-0.3, -0.25) is 14.5 Å². The number of amides is 1. The lowest BCUT2D eigenvalue weighted by Crippen LogP contribution is -2.36. The van der Waals surface area contributed by atoms with Gasteiger partial charge in [0.25, 0.3) is 11.5 Å². The Morgan fingerprint density at radius 2 is 2.11 bits per heavy atom. The molecule has 3 aromatic heterocycles. The van der Waals surface area contributed by atoms with Crippen molar-refractivity contribution in [3.63, 3.8) is 0 Å². The third-order valence-electron chi connectivity index (χ3n) is 7.99. The Labute approximate surface area is 226 Å². The van der Waals surface area contributed by atoms with E-state index in [4.69, 9.17) is 4.98 Å². The largest absolute Gasteiger partial charge is 0.381 e. The number of hydrogen-bond acceptors (Lipinski definition) is 6. The van der Waals surface area contributed by atoms with Crippen LogP contribution in [0.5, 0.6) is 0 Å². The lowest BCUT2D eigenvalue weighted by atomic mass is 10.1. The standard InChI is InChI=1S/C29H34N6O2S/c1-17-7-12-38-25(17)13-18(2)31-22-6-8-30-28(36)26(22)27-32-23-14-20-16-35(11-10-34-9-4-5-19(34)3)29(37)21(20)15-24(23)33-27/h6-8,12,14-15,18-19H,4-5,9-11,13,16H2,1-3H3,(H,32,33)(H2,30,31,36)/t18-,19-/m0/s1. The molecule has 0 radical (unpaired) electrons. The molecule has 38 heavy (non-hydrogen) atoms. The average Bonchev–Trinajstić information content (AvgIpc) is 3.65. The van der Waals surface area contributed by atoms with Crippen LogP contribution in [0.3, 0.4) is 0 Å². The zero-order valence-electron chi connectivity index (χ0n) is 22.1. The molecular weight excluding hydrogens is 496 g/mol. The lowest BCUT2D eigenvalue weighted by Gasteiger charge is -2.24. The number of nitrogens with one attached hydrogen (secondary N) is 3. The van der Waals surface area contributed by atoms with Crippen molar-refractivity contribution in [1.29, 1.82) is 0 Å². The van der Waals surface area contributed by atoms with E-state index in [0.29, 0.717) is 35.1 Å². The summed E-state index contributed by atoms with van der Waals surface area (Å²) in [6.07, 6.45) is 5.01. The van der Waals surface area contributed by atoms with Crippen LogP contribution in [-0.2, 0) is 13.0 Å². The number of nitrogens with zero attached hydrogens (tertiary/aromatic N) is 3. The molecule has 1 fully saturated rings. The SMILES string of the molecule is Cc1ccsc1C[C@H](C)Nc1cc[nH]c(=O)c1-c1nc2cc3c(cc2[nH]1)CN(CCN1CCC[C@@H]1C)C3=O. The van der Waals surface area contributed by atoms with Crippen molar-refractivity contribution in [2.45, 2.75) is 58.7 Å². The quantitative estimate of drug-likeness (QED) is 0.305. The molecule has 5 heterocycles. The van der Waals surface area contributed by atoms with Crippen LogP contribution in [0.25, 0.3) is 22.4 Å². The second kappa shape index (κ2) is 10.0. The molecule has 1 aromatic carbocycles. The molecule has 0 bridgehead atoms. The number of carbonyl (C=O) groups is 1. The molecule has 0 spiro atoms. The van der Waals surface area contributed by atoms with E-state index in [1.54, 1.807) is 17.5 Å². The molecule has 8 nitrogen and oxygen atoms in total. The van der Waals surface area contributed by atoms with E-state index in [9.17, 15) is 9.59 Å². The van der Waals surface area contributed by atoms with Gasteiger partial charge in [0, 0.05) is 54.8 Å². The van der Waals surface area contributed by atoms with Crippen molar-refractivity contribution < 1.29 is 4.79 Å². The van der Waals surface area contributed by atoms with Crippen molar-refractivity contribution in [1.82, 2.24) is 24.8 Å². The summed E-state index contributed by atoms with van der Waals surface area (Å²) in [5.41, 5.74) is 5.54. The molecule has 0 unspecified atom stereocenters. The predicted molar refractivity (Wildman–Crippen MR) is 153 cm³/mol. The van der Waals surface area contributed by atoms with E-state index >= 15 is 0 Å². The van der Waals surface area contributed by atoms with E-state index in [0.717, 1.165) is 42.8 Å². The number of aryl methyl sites for hydroxylation is 1. The third-order valence-corrected chi connectivity index (χ3v) is 9.04. The maximum absolute atomic E-state index is 13.2. The minimum absolute atomic E-state index is 0.0657.